The number of nitrogens with zero attached hydrogens (tertiary/aromatic N) is 1. The van der Waals surface area contributed by atoms with Crippen molar-refractivity contribution in [1.82, 2.24) is 10.2 Å². The molecule has 4 heteroatoms. The third kappa shape index (κ3) is 3.04. The fourth-order valence-electron chi connectivity index (χ4n) is 3.18. The van der Waals surface area contributed by atoms with Crippen molar-refractivity contribution in [2.45, 2.75) is 51.7 Å². The zero-order valence-corrected chi connectivity index (χ0v) is 11.6. The minimum atomic E-state index is -0.242. The first kappa shape index (κ1) is 13.8. The van der Waals surface area contributed by atoms with Gasteiger partial charge in [0.15, 0.2) is 0 Å². The molecule has 1 amide bonds. The molecule has 0 aromatic heterocycles. The average molecular weight is 254 g/mol. The Kier molecular flexibility index (Phi) is 4.62. The van der Waals surface area contributed by atoms with E-state index in [9.17, 15) is 9.90 Å². The number of aliphatic hydroxyl groups excluding tert-OH is 1. The van der Waals surface area contributed by atoms with E-state index < -0.39 is 0 Å². The maximum atomic E-state index is 12.4. The quantitative estimate of drug-likeness (QED) is 0.773. The molecule has 0 aliphatic carbocycles. The molecule has 2 heterocycles. The van der Waals surface area contributed by atoms with Crippen molar-refractivity contribution in [3.63, 3.8) is 0 Å². The molecule has 0 saturated carbocycles. The Labute approximate surface area is 110 Å². The summed E-state index contributed by atoms with van der Waals surface area (Å²) in [7, 11) is 0. The highest BCUT2D eigenvalue weighted by molar-refractivity contribution is 5.82. The highest BCUT2D eigenvalue weighted by Gasteiger charge is 2.33. The topological polar surface area (TPSA) is 52.6 Å². The van der Waals surface area contributed by atoms with Crippen molar-refractivity contribution in [2.75, 3.05) is 19.6 Å². The summed E-state index contributed by atoms with van der Waals surface area (Å²) in [5.41, 5.74) is 0. The third-order valence-corrected chi connectivity index (χ3v) is 4.57. The van der Waals surface area contributed by atoms with Crippen LogP contribution in [-0.2, 0) is 4.79 Å². The van der Waals surface area contributed by atoms with Crippen LogP contribution in [-0.4, -0.2) is 47.7 Å². The van der Waals surface area contributed by atoms with Crippen LogP contribution in [0.1, 0.15) is 39.5 Å². The molecule has 3 atom stereocenters. The lowest BCUT2D eigenvalue weighted by molar-refractivity contribution is -0.137. The number of carbonyl (C=O) groups is 1. The molecule has 0 bridgehead atoms. The molecule has 2 saturated heterocycles. The van der Waals surface area contributed by atoms with Gasteiger partial charge in [0.1, 0.15) is 0 Å². The van der Waals surface area contributed by atoms with Gasteiger partial charge in [-0.15, -0.1) is 0 Å². The molecule has 104 valence electrons. The maximum absolute atomic E-state index is 12.4. The number of amides is 1. The van der Waals surface area contributed by atoms with E-state index in [1.54, 1.807) is 0 Å². The third-order valence-electron chi connectivity index (χ3n) is 4.57. The number of piperidine rings is 2. The van der Waals surface area contributed by atoms with Crippen molar-refractivity contribution in [3.8, 4) is 0 Å². The van der Waals surface area contributed by atoms with Gasteiger partial charge in [-0.05, 0) is 51.0 Å². The Bertz CT molecular complexity index is 286. The van der Waals surface area contributed by atoms with Crippen molar-refractivity contribution >= 4 is 5.91 Å². The van der Waals surface area contributed by atoms with E-state index in [0.717, 1.165) is 38.9 Å². The molecule has 0 spiro atoms. The monoisotopic (exact) mass is 254 g/mol. The van der Waals surface area contributed by atoms with Crippen LogP contribution in [0.5, 0.6) is 0 Å². The van der Waals surface area contributed by atoms with Crippen LogP contribution in [0.25, 0.3) is 0 Å². The zero-order chi connectivity index (χ0) is 13.1. The van der Waals surface area contributed by atoms with Crippen LogP contribution in [0.3, 0.4) is 0 Å². The SMILES string of the molecule is CC(O)C1CCN(C(=O)C2NCCCC2C)CC1. The van der Waals surface area contributed by atoms with Gasteiger partial charge in [-0.2, -0.15) is 0 Å². The van der Waals surface area contributed by atoms with Gasteiger partial charge in [0.25, 0.3) is 0 Å². The summed E-state index contributed by atoms with van der Waals surface area (Å²) >= 11 is 0. The highest BCUT2D eigenvalue weighted by Crippen LogP contribution is 2.23. The maximum Gasteiger partial charge on any atom is 0.239 e. The molecule has 3 unspecified atom stereocenters. The minimum absolute atomic E-state index is 0.0156. The summed E-state index contributed by atoms with van der Waals surface area (Å²) in [5, 5.41) is 12.9. The Morgan fingerprint density at radius 3 is 2.56 bits per heavy atom. The van der Waals surface area contributed by atoms with E-state index in [4.69, 9.17) is 0 Å². The second kappa shape index (κ2) is 6.02. The summed E-state index contributed by atoms with van der Waals surface area (Å²) in [4.78, 5) is 14.4. The van der Waals surface area contributed by atoms with Crippen molar-refractivity contribution in [1.29, 1.82) is 0 Å². The molecule has 2 aliphatic rings. The first-order valence-electron chi connectivity index (χ1n) is 7.30. The van der Waals surface area contributed by atoms with E-state index in [1.165, 1.54) is 6.42 Å². The van der Waals surface area contributed by atoms with Gasteiger partial charge in [0.05, 0.1) is 12.1 Å². The molecule has 2 fully saturated rings. The summed E-state index contributed by atoms with van der Waals surface area (Å²) in [6, 6.07) is 0.0156. The Hall–Kier alpha value is -0.610. The Balaban J connectivity index is 1.87. The van der Waals surface area contributed by atoms with Gasteiger partial charge >= 0.3 is 0 Å². The van der Waals surface area contributed by atoms with Crippen LogP contribution < -0.4 is 5.32 Å². The number of aliphatic hydroxyl groups is 1. The average Bonchev–Trinajstić information content (AvgIpc) is 2.38. The standard InChI is InChI=1S/C14H26N2O2/c1-10-4-3-7-15-13(10)14(18)16-8-5-12(6-9-16)11(2)17/h10-13,15,17H,3-9H2,1-2H3. The molecule has 0 radical (unpaired) electrons. The number of carbonyl (C=O) groups excluding carboxylic acids is 1. The molecule has 18 heavy (non-hydrogen) atoms. The normalized spacial score (nSPS) is 32.3. The number of likely N-dealkylation sites (tertiary alicyclic amines) is 1. The Morgan fingerprint density at radius 1 is 1.33 bits per heavy atom. The molecule has 0 aromatic rings. The molecule has 4 nitrogen and oxygen atoms in total. The fraction of sp³-hybridized carbons (Fsp3) is 0.929. The lowest BCUT2D eigenvalue weighted by Gasteiger charge is -2.38. The lowest BCUT2D eigenvalue weighted by atomic mass is 9.89. The number of nitrogens with one attached hydrogen (secondary N) is 1. The number of hydrogen-bond donors (Lipinski definition) is 2. The van der Waals surface area contributed by atoms with E-state index in [1.807, 2.05) is 11.8 Å². The van der Waals surface area contributed by atoms with Gasteiger partial charge in [0, 0.05) is 13.1 Å². The first-order chi connectivity index (χ1) is 8.59. The van der Waals surface area contributed by atoms with Gasteiger partial charge in [0.2, 0.25) is 5.91 Å². The zero-order valence-electron chi connectivity index (χ0n) is 11.6. The lowest BCUT2D eigenvalue weighted by Crippen LogP contribution is -2.54. The molecular weight excluding hydrogens is 228 g/mol. The van der Waals surface area contributed by atoms with Gasteiger partial charge in [-0.3, -0.25) is 4.79 Å². The second-order valence-corrected chi connectivity index (χ2v) is 5.95. The predicted octanol–water partition coefficient (Wildman–Crippen LogP) is 0.994. The number of rotatable bonds is 2. The predicted molar refractivity (Wildman–Crippen MR) is 71.2 cm³/mol. The van der Waals surface area contributed by atoms with E-state index in [0.29, 0.717) is 11.8 Å². The molecule has 0 aromatic carbocycles. The molecule has 2 rings (SSSR count). The van der Waals surface area contributed by atoms with Gasteiger partial charge in [-0.25, -0.2) is 0 Å². The van der Waals surface area contributed by atoms with Crippen molar-refractivity contribution in [2.24, 2.45) is 11.8 Å². The second-order valence-electron chi connectivity index (χ2n) is 5.95. The summed E-state index contributed by atoms with van der Waals surface area (Å²) in [6.45, 7) is 6.59. The van der Waals surface area contributed by atoms with Crippen LogP contribution in [0.4, 0.5) is 0 Å². The molecule has 2 N–H and O–H groups in total. The summed E-state index contributed by atoms with van der Waals surface area (Å²) in [5.74, 6) is 1.08. The Morgan fingerprint density at radius 2 is 2.00 bits per heavy atom. The highest BCUT2D eigenvalue weighted by atomic mass is 16.3. The van der Waals surface area contributed by atoms with Crippen LogP contribution in [0.15, 0.2) is 0 Å². The van der Waals surface area contributed by atoms with E-state index in [2.05, 4.69) is 12.2 Å². The fourth-order valence-corrected chi connectivity index (χ4v) is 3.18. The van der Waals surface area contributed by atoms with Crippen molar-refractivity contribution < 1.29 is 9.90 Å². The number of hydrogen-bond acceptors (Lipinski definition) is 3. The summed E-state index contributed by atoms with van der Waals surface area (Å²) < 4.78 is 0. The molecular formula is C14H26N2O2. The van der Waals surface area contributed by atoms with E-state index >= 15 is 0 Å². The molecule has 2 aliphatic heterocycles. The van der Waals surface area contributed by atoms with Crippen molar-refractivity contribution in [3.05, 3.63) is 0 Å². The largest absolute Gasteiger partial charge is 0.393 e. The summed E-state index contributed by atoms with van der Waals surface area (Å²) in [6.07, 6.45) is 3.95. The van der Waals surface area contributed by atoms with E-state index in [-0.39, 0.29) is 18.1 Å². The first-order valence-corrected chi connectivity index (χ1v) is 7.30. The van der Waals surface area contributed by atoms with Crippen LogP contribution >= 0.6 is 0 Å². The minimum Gasteiger partial charge on any atom is -0.393 e. The van der Waals surface area contributed by atoms with Crippen LogP contribution in [0.2, 0.25) is 0 Å². The smallest absolute Gasteiger partial charge is 0.239 e. The van der Waals surface area contributed by atoms with Gasteiger partial charge < -0.3 is 15.3 Å². The van der Waals surface area contributed by atoms with Gasteiger partial charge in [-0.1, -0.05) is 6.92 Å². The van der Waals surface area contributed by atoms with Crippen LogP contribution in [0, 0.1) is 11.8 Å².